The van der Waals surface area contributed by atoms with Crippen molar-refractivity contribution in [2.24, 2.45) is 16.4 Å². The molecular formula is C13H17N3O. The summed E-state index contributed by atoms with van der Waals surface area (Å²) in [5.74, 6) is 1.78. The van der Waals surface area contributed by atoms with Crippen LogP contribution in [0.5, 0.6) is 5.75 Å². The highest BCUT2D eigenvalue weighted by atomic mass is 16.5. The second kappa shape index (κ2) is 4.30. The fraction of sp³-hybridized carbons (Fsp3) is 0.538. The molecule has 0 aromatic heterocycles. The van der Waals surface area contributed by atoms with E-state index in [2.05, 4.69) is 36.0 Å². The van der Waals surface area contributed by atoms with E-state index in [1.807, 2.05) is 12.1 Å². The largest absolute Gasteiger partial charge is 0.497 e. The topological polar surface area (TPSA) is 58.0 Å². The van der Waals surface area contributed by atoms with E-state index in [4.69, 9.17) is 10.3 Å². The second-order valence-corrected chi connectivity index (χ2v) is 5.10. The van der Waals surface area contributed by atoms with Crippen LogP contribution >= 0.6 is 0 Å². The maximum atomic E-state index is 8.39. The summed E-state index contributed by atoms with van der Waals surface area (Å²) in [6, 6.07) is 8.14. The second-order valence-electron chi connectivity index (χ2n) is 5.10. The molecule has 0 aliphatic heterocycles. The molecule has 17 heavy (non-hydrogen) atoms. The van der Waals surface area contributed by atoms with Crippen molar-refractivity contribution < 1.29 is 4.74 Å². The number of azide groups is 1. The van der Waals surface area contributed by atoms with Crippen molar-refractivity contribution in [3.8, 4) is 5.75 Å². The van der Waals surface area contributed by atoms with Gasteiger partial charge in [0.05, 0.1) is 7.11 Å². The van der Waals surface area contributed by atoms with E-state index in [-0.39, 0.29) is 5.41 Å². The molecule has 0 N–H and O–H groups in total. The molecule has 1 saturated carbocycles. The summed E-state index contributed by atoms with van der Waals surface area (Å²) in [4.78, 5) is 2.84. The first-order valence-corrected chi connectivity index (χ1v) is 5.76. The lowest BCUT2D eigenvalue weighted by Gasteiger charge is -2.05. The molecule has 0 heterocycles. The first-order chi connectivity index (χ1) is 8.11. The van der Waals surface area contributed by atoms with E-state index in [1.165, 1.54) is 5.56 Å². The summed E-state index contributed by atoms with van der Waals surface area (Å²) in [7, 11) is 1.68. The first kappa shape index (κ1) is 11.8. The van der Waals surface area contributed by atoms with Crippen LogP contribution in [0.1, 0.15) is 25.3 Å². The Balaban J connectivity index is 2.20. The highest BCUT2D eigenvalue weighted by Crippen LogP contribution is 2.64. The van der Waals surface area contributed by atoms with Gasteiger partial charge in [0, 0.05) is 11.5 Å². The van der Waals surface area contributed by atoms with Crippen molar-refractivity contribution >= 4 is 0 Å². The number of rotatable bonds is 4. The summed E-state index contributed by atoms with van der Waals surface area (Å²) < 4.78 is 5.24. The van der Waals surface area contributed by atoms with Gasteiger partial charge in [-0.15, -0.1) is 0 Å². The van der Waals surface area contributed by atoms with Gasteiger partial charge in [0.1, 0.15) is 5.75 Å². The van der Waals surface area contributed by atoms with Crippen molar-refractivity contribution in [3.05, 3.63) is 40.3 Å². The zero-order chi connectivity index (χ0) is 12.5. The monoisotopic (exact) mass is 231 g/mol. The lowest BCUT2D eigenvalue weighted by atomic mass is 10.0. The van der Waals surface area contributed by atoms with Gasteiger partial charge in [-0.2, -0.15) is 0 Å². The zero-order valence-electron chi connectivity index (χ0n) is 10.4. The summed E-state index contributed by atoms with van der Waals surface area (Å²) in [6.07, 6.45) is 0. The van der Waals surface area contributed by atoms with E-state index in [9.17, 15) is 0 Å². The quantitative estimate of drug-likeness (QED) is 0.442. The average Bonchev–Trinajstić information content (AvgIpc) is 2.88. The molecule has 1 aromatic carbocycles. The van der Waals surface area contributed by atoms with Crippen LogP contribution in [0.3, 0.4) is 0 Å². The van der Waals surface area contributed by atoms with E-state index >= 15 is 0 Å². The van der Waals surface area contributed by atoms with Gasteiger partial charge in [-0.25, -0.2) is 0 Å². The van der Waals surface area contributed by atoms with Crippen LogP contribution in [0.2, 0.25) is 0 Å². The summed E-state index contributed by atoms with van der Waals surface area (Å²) in [6.45, 7) is 5.01. The SMILES string of the molecule is COc1cccc(C2C(CN=[N+]=[N-])C2(C)C)c1. The molecule has 2 rings (SSSR count). The molecule has 0 saturated heterocycles. The molecular weight excluding hydrogens is 214 g/mol. The highest BCUT2D eigenvalue weighted by molar-refractivity contribution is 5.37. The number of benzene rings is 1. The van der Waals surface area contributed by atoms with E-state index < -0.39 is 0 Å². The average molecular weight is 231 g/mol. The molecule has 1 fully saturated rings. The van der Waals surface area contributed by atoms with Crippen LogP contribution in [-0.2, 0) is 0 Å². The molecule has 1 aliphatic carbocycles. The van der Waals surface area contributed by atoms with Gasteiger partial charge in [-0.3, -0.25) is 0 Å². The van der Waals surface area contributed by atoms with Gasteiger partial charge in [-0.05, 0) is 40.5 Å². The lowest BCUT2D eigenvalue weighted by Crippen LogP contribution is -1.92. The van der Waals surface area contributed by atoms with Gasteiger partial charge in [0.15, 0.2) is 0 Å². The third-order valence-corrected chi connectivity index (χ3v) is 3.84. The van der Waals surface area contributed by atoms with Crippen LogP contribution in [0.25, 0.3) is 10.4 Å². The number of methoxy groups -OCH3 is 1. The minimum Gasteiger partial charge on any atom is -0.497 e. The molecule has 2 atom stereocenters. The Morgan fingerprint density at radius 1 is 1.47 bits per heavy atom. The Morgan fingerprint density at radius 2 is 2.24 bits per heavy atom. The maximum absolute atomic E-state index is 8.39. The molecule has 0 spiro atoms. The minimum absolute atomic E-state index is 0.209. The molecule has 4 nitrogen and oxygen atoms in total. The van der Waals surface area contributed by atoms with Gasteiger partial charge < -0.3 is 4.74 Å². The third-order valence-electron chi connectivity index (χ3n) is 3.84. The predicted octanol–water partition coefficient (Wildman–Crippen LogP) is 3.75. The molecule has 90 valence electrons. The lowest BCUT2D eigenvalue weighted by molar-refractivity contribution is 0.414. The highest BCUT2D eigenvalue weighted by Gasteiger charge is 2.57. The van der Waals surface area contributed by atoms with Crippen LogP contribution < -0.4 is 4.74 Å². The van der Waals surface area contributed by atoms with Gasteiger partial charge in [0.2, 0.25) is 0 Å². The smallest absolute Gasteiger partial charge is 0.119 e. The standard InChI is InChI=1S/C13H17N3O/c1-13(2)11(8-15-16-14)12(13)9-5-4-6-10(7-9)17-3/h4-7,11-12H,8H2,1-3H3. The minimum atomic E-state index is 0.209. The third kappa shape index (κ3) is 2.08. The number of nitrogens with zero attached hydrogens (tertiary/aromatic N) is 3. The van der Waals surface area contributed by atoms with Gasteiger partial charge in [-0.1, -0.05) is 31.1 Å². The fourth-order valence-corrected chi connectivity index (χ4v) is 2.71. The van der Waals surface area contributed by atoms with Crippen LogP contribution in [-0.4, -0.2) is 13.7 Å². The molecule has 4 heteroatoms. The van der Waals surface area contributed by atoms with Crippen molar-refractivity contribution in [3.63, 3.8) is 0 Å². The Morgan fingerprint density at radius 3 is 2.88 bits per heavy atom. The summed E-state index contributed by atoms with van der Waals surface area (Å²) in [5, 5.41) is 3.70. The zero-order valence-corrected chi connectivity index (χ0v) is 10.4. The summed E-state index contributed by atoms with van der Waals surface area (Å²) >= 11 is 0. The maximum Gasteiger partial charge on any atom is 0.119 e. The summed E-state index contributed by atoms with van der Waals surface area (Å²) in [5.41, 5.74) is 9.87. The van der Waals surface area contributed by atoms with Crippen molar-refractivity contribution in [1.29, 1.82) is 0 Å². The van der Waals surface area contributed by atoms with Crippen molar-refractivity contribution in [1.82, 2.24) is 0 Å². The van der Waals surface area contributed by atoms with Gasteiger partial charge in [0.25, 0.3) is 0 Å². The van der Waals surface area contributed by atoms with E-state index in [0.717, 1.165) is 5.75 Å². The predicted molar refractivity (Wildman–Crippen MR) is 67.0 cm³/mol. The molecule has 0 bridgehead atoms. The molecule has 1 aliphatic rings. The molecule has 0 radical (unpaired) electrons. The Bertz CT molecular complexity index is 463. The van der Waals surface area contributed by atoms with Crippen molar-refractivity contribution in [2.45, 2.75) is 19.8 Å². The van der Waals surface area contributed by atoms with Crippen LogP contribution in [0, 0.1) is 11.3 Å². The Labute approximate surface area is 101 Å². The molecule has 2 unspecified atom stereocenters. The van der Waals surface area contributed by atoms with Crippen molar-refractivity contribution in [2.75, 3.05) is 13.7 Å². The first-order valence-electron chi connectivity index (χ1n) is 5.76. The molecule has 1 aromatic rings. The fourth-order valence-electron chi connectivity index (χ4n) is 2.71. The molecule has 0 amide bonds. The Kier molecular flexibility index (Phi) is 2.99. The number of hydrogen-bond donors (Lipinski definition) is 0. The Hall–Kier alpha value is -1.67. The number of hydrogen-bond acceptors (Lipinski definition) is 2. The van der Waals surface area contributed by atoms with Crippen LogP contribution in [0.15, 0.2) is 29.4 Å². The normalized spacial score (nSPS) is 24.9. The van der Waals surface area contributed by atoms with E-state index in [0.29, 0.717) is 18.4 Å². The van der Waals surface area contributed by atoms with Gasteiger partial charge >= 0.3 is 0 Å². The van der Waals surface area contributed by atoms with E-state index in [1.54, 1.807) is 7.11 Å². The van der Waals surface area contributed by atoms with Crippen LogP contribution in [0.4, 0.5) is 0 Å². The number of ether oxygens (including phenoxy) is 1.